The highest BCUT2D eigenvalue weighted by atomic mass is 32.2. The Labute approximate surface area is 207 Å². The fraction of sp³-hybridized carbons (Fsp3) is 0.462. The Morgan fingerprint density at radius 3 is 2.40 bits per heavy atom. The monoisotopic (exact) mass is 503 g/mol. The summed E-state index contributed by atoms with van der Waals surface area (Å²) in [4.78, 5) is 28.4. The molecule has 2 aromatic rings. The zero-order chi connectivity index (χ0) is 25.6. The number of nitrogens with one attached hydrogen (secondary N) is 1. The Bertz CT molecular complexity index is 1150. The molecule has 1 atom stereocenters. The standard InChI is InChI=1S/C26H34FN3O4S/c1-4-24(26(32)28-22-13-7-8-14-22)29(17-20-11-6-5-10-19(20)2)25(31)18-30(35(3,33)34)23-15-9-12-21(27)16-23/h5-6,9-12,15-16,22,24H,4,7-8,13-14,17-18H2,1-3H3,(H,28,32). The highest BCUT2D eigenvalue weighted by Crippen LogP contribution is 2.22. The molecule has 1 fully saturated rings. The number of rotatable bonds is 10. The predicted molar refractivity (Wildman–Crippen MR) is 135 cm³/mol. The van der Waals surface area contributed by atoms with Crippen molar-refractivity contribution in [2.24, 2.45) is 0 Å². The molecule has 35 heavy (non-hydrogen) atoms. The van der Waals surface area contributed by atoms with E-state index in [1.165, 1.54) is 23.1 Å². The van der Waals surface area contributed by atoms with E-state index in [4.69, 9.17) is 0 Å². The summed E-state index contributed by atoms with van der Waals surface area (Å²) in [5.74, 6) is -1.38. The molecule has 0 aromatic heterocycles. The molecule has 0 radical (unpaired) electrons. The molecule has 0 heterocycles. The fourth-order valence-corrected chi connectivity index (χ4v) is 5.34. The largest absolute Gasteiger partial charge is 0.352 e. The Morgan fingerprint density at radius 2 is 1.80 bits per heavy atom. The van der Waals surface area contributed by atoms with Gasteiger partial charge >= 0.3 is 0 Å². The van der Waals surface area contributed by atoms with E-state index in [0.29, 0.717) is 6.42 Å². The molecular weight excluding hydrogens is 469 g/mol. The van der Waals surface area contributed by atoms with Crippen molar-refractivity contribution >= 4 is 27.5 Å². The number of hydrogen-bond acceptors (Lipinski definition) is 4. The first-order valence-electron chi connectivity index (χ1n) is 12.0. The first kappa shape index (κ1) is 26.7. The fourth-order valence-electron chi connectivity index (χ4n) is 4.50. The van der Waals surface area contributed by atoms with Gasteiger partial charge in [-0.05, 0) is 55.5 Å². The molecule has 0 saturated heterocycles. The maximum Gasteiger partial charge on any atom is 0.244 e. The summed E-state index contributed by atoms with van der Waals surface area (Å²) >= 11 is 0. The molecule has 3 rings (SSSR count). The highest BCUT2D eigenvalue weighted by Gasteiger charge is 2.33. The van der Waals surface area contributed by atoms with Crippen LogP contribution in [0.5, 0.6) is 0 Å². The van der Waals surface area contributed by atoms with Crippen molar-refractivity contribution in [3.05, 3.63) is 65.5 Å². The van der Waals surface area contributed by atoms with Crippen LogP contribution in [-0.2, 0) is 26.2 Å². The van der Waals surface area contributed by atoms with E-state index in [1.54, 1.807) is 0 Å². The average molecular weight is 504 g/mol. The van der Waals surface area contributed by atoms with E-state index >= 15 is 0 Å². The number of nitrogens with zero attached hydrogens (tertiary/aromatic N) is 2. The Hall–Kier alpha value is -2.94. The van der Waals surface area contributed by atoms with Crippen molar-refractivity contribution in [1.29, 1.82) is 0 Å². The second-order valence-corrected chi connectivity index (χ2v) is 11.0. The lowest BCUT2D eigenvalue weighted by molar-refractivity contribution is -0.140. The molecule has 2 aromatic carbocycles. The number of carbonyl (C=O) groups excluding carboxylic acids is 2. The minimum absolute atomic E-state index is 0.0557. The van der Waals surface area contributed by atoms with Crippen LogP contribution >= 0.6 is 0 Å². The molecule has 1 aliphatic carbocycles. The highest BCUT2D eigenvalue weighted by molar-refractivity contribution is 7.92. The van der Waals surface area contributed by atoms with Gasteiger partial charge in [-0.25, -0.2) is 12.8 Å². The lowest BCUT2D eigenvalue weighted by Crippen LogP contribution is -2.53. The topological polar surface area (TPSA) is 86.8 Å². The van der Waals surface area contributed by atoms with E-state index in [-0.39, 0.29) is 24.2 Å². The minimum Gasteiger partial charge on any atom is -0.352 e. The summed E-state index contributed by atoms with van der Waals surface area (Å²) in [7, 11) is -3.90. The van der Waals surface area contributed by atoms with Gasteiger partial charge in [0.25, 0.3) is 0 Å². The van der Waals surface area contributed by atoms with Gasteiger partial charge in [0.05, 0.1) is 11.9 Å². The molecule has 1 aliphatic rings. The van der Waals surface area contributed by atoms with Gasteiger partial charge in [-0.15, -0.1) is 0 Å². The molecule has 0 aliphatic heterocycles. The summed E-state index contributed by atoms with van der Waals surface area (Å²) in [6, 6.07) is 12.0. The number of aryl methyl sites for hydroxylation is 1. The van der Waals surface area contributed by atoms with Crippen LogP contribution in [0.2, 0.25) is 0 Å². The molecule has 7 nitrogen and oxygen atoms in total. The van der Waals surface area contributed by atoms with Crippen molar-refractivity contribution in [2.75, 3.05) is 17.1 Å². The van der Waals surface area contributed by atoms with Gasteiger partial charge in [-0.1, -0.05) is 50.1 Å². The zero-order valence-electron chi connectivity index (χ0n) is 20.5. The van der Waals surface area contributed by atoms with Crippen molar-refractivity contribution in [1.82, 2.24) is 10.2 Å². The Morgan fingerprint density at radius 1 is 1.11 bits per heavy atom. The molecule has 190 valence electrons. The first-order chi connectivity index (χ1) is 16.6. The van der Waals surface area contributed by atoms with E-state index in [0.717, 1.165) is 53.4 Å². The van der Waals surface area contributed by atoms with Crippen LogP contribution in [0.15, 0.2) is 48.5 Å². The predicted octanol–water partition coefficient (Wildman–Crippen LogP) is 3.77. The van der Waals surface area contributed by atoms with Crippen LogP contribution in [0.25, 0.3) is 0 Å². The van der Waals surface area contributed by atoms with Gasteiger partial charge in [0.15, 0.2) is 0 Å². The number of halogens is 1. The van der Waals surface area contributed by atoms with Gasteiger partial charge in [0, 0.05) is 12.6 Å². The summed E-state index contributed by atoms with van der Waals surface area (Å²) in [6.07, 6.45) is 5.29. The van der Waals surface area contributed by atoms with Crippen molar-refractivity contribution in [2.45, 2.75) is 64.6 Å². The van der Waals surface area contributed by atoms with Crippen LogP contribution in [0, 0.1) is 12.7 Å². The quantitative estimate of drug-likeness (QED) is 0.535. The number of anilines is 1. The Kier molecular flexibility index (Phi) is 8.88. The van der Waals surface area contributed by atoms with Gasteiger partial charge in [-0.3, -0.25) is 13.9 Å². The molecule has 2 amide bonds. The van der Waals surface area contributed by atoms with Gasteiger partial charge in [0.1, 0.15) is 18.4 Å². The second kappa shape index (κ2) is 11.7. The van der Waals surface area contributed by atoms with Crippen molar-refractivity contribution in [3.63, 3.8) is 0 Å². The van der Waals surface area contributed by atoms with E-state index in [2.05, 4.69) is 5.32 Å². The molecular formula is C26H34FN3O4S. The number of benzene rings is 2. The van der Waals surface area contributed by atoms with Crippen LogP contribution in [-0.4, -0.2) is 50.0 Å². The van der Waals surface area contributed by atoms with Crippen LogP contribution in [0.4, 0.5) is 10.1 Å². The number of hydrogen-bond donors (Lipinski definition) is 1. The normalized spacial score (nSPS) is 15.0. The Balaban J connectivity index is 1.93. The number of carbonyl (C=O) groups is 2. The molecule has 0 spiro atoms. The summed E-state index contributed by atoms with van der Waals surface area (Å²) in [5, 5.41) is 3.07. The maximum atomic E-state index is 13.9. The summed E-state index contributed by atoms with van der Waals surface area (Å²) in [5.41, 5.74) is 1.88. The molecule has 9 heteroatoms. The SMILES string of the molecule is CCC(C(=O)NC1CCCC1)N(Cc1ccccc1C)C(=O)CN(c1cccc(F)c1)S(C)(=O)=O. The lowest BCUT2D eigenvalue weighted by atomic mass is 10.1. The minimum atomic E-state index is -3.90. The summed E-state index contributed by atoms with van der Waals surface area (Å²) < 4.78 is 39.9. The van der Waals surface area contributed by atoms with Crippen LogP contribution in [0.3, 0.4) is 0 Å². The van der Waals surface area contributed by atoms with Gasteiger partial charge in [0.2, 0.25) is 21.8 Å². The average Bonchev–Trinajstić information content (AvgIpc) is 3.30. The second-order valence-electron chi connectivity index (χ2n) is 9.11. The molecule has 1 N–H and O–H groups in total. The zero-order valence-corrected chi connectivity index (χ0v) is 21.4. The van der Waals surface area contributed by atoms with E-state index in [9.17, 15) is 22.4 Å². The lowest BCUT2D eigenvalue weighted by Gasteiger charge is -2.33. The molecule has 1 saturated carbocycles. The molecule has 0 bridgehead atoms. The molecule has 1 unspecified atom stereocenters. The van der Waals surface area contributed by atoms with Gasteiger partial charge < -0.3 is 10.2 Å². The van der Waals surface area contributed by atoms with Crippen molar-refractivity contribution in [3.8, 4) is 0 Å². The van der Waals surface area contributed by atoms with Gasteiger partial charge in [-0.2, -0.15) is 0 Å². The third kappa shape index (κ3) is 7.04. The van der Waals surface area contributed by atoms with Crippen LogP contribution < -0.4 is 9.62 Å². The first-order valence-corrected chi connectivity index (χ1v) is 13.8. The number of sulfonamides is 1. The third-order valence-electron chi connectivity index (χ3n) is 6.46. The van der Waals surface area contributed by atoms with Crippen LogP contribution in [0.1, 0.15) is 50.2 Å². The van der Waals surface area contributed by atoms with E-state index in [1.807, 2.05) is 38.1 Å². The smallest absolute Gasteiger partial charge is 0.244 e. The van der Waals surface area contributed by atoms with E-state index < -0.39 is 34.3 Å². The maximum absolute atomic E-state index is 13.9. The summed E-state index contributed by atoms with van der Waals surface area (Å²) in [6.45, 7) is 3.37. The van der Waals surface area contributed by atoms with Crippen molar-refractivity contribution < 1.29 is 22.4 Å². The third-order valence-corrected chi connectivity index (χ3v) is 7.61. The number of amides is 2.